The van der Waals surface area contributed by atoms with E-state index in [1.807, 2.05) is 6.07 Å². The van der Waals surface area contributed by atoms with Gasteiger partial charge < -0.3 is 10.4 Å². The molecule has 2 aromatic carbocycles. The van der Waals surface area contributed by atoms with Crippen molar-refractivity contribution in [1.82, 2.24) is 14.8 Å². The fourth-order valence-electron chi connectivity index (χ4n) is 3.47. The van der Waals surface area contributed by atoms with Gasteiger partial charge in [-0.05, 0) is 49.7 Å². The third kappa shape index (κ3) is 5.62. The standard InChI is InChI=1S/C26H22ClFN4O3/c1-16(33)9-12-23(34)22-15-24(32(31-22)18-6-3-2-4-7-18)30-26(35)19-14-17(10-11-20(19)27)25-21(28)8-5-13-29-25/h2-8,10-11,13-16,33H,9,12H2,1H3,(H,30,35)/t16-/m0/s1. The van der Waals surface area contributed by atoms with Crippen LogP contribution in [0.1, 0.15) is 40.6 Å². The zero-order valence-corrected chi connectivity index (χ0v) is 19.5. The molecule has 1 amide bonds. The maximum atomic E-state index is 14.2. The van der Waals surface area contributed by atoms with Crippen LogP contribution in [0.25, 0.3) is 16.9 Å². The van der Waals surface area contributed by atoms with Gasteiger partial charge in [0.05, 0.1) is 22.4 Å². The van der Waals surface area contributed by atoms with Crippen LogP contribution in [0.15, 0.2) is 72.9 Å². The van der Waals surface area contributed by atoms with Crippen molar-refractivity contribution in [3.8, 4) is 16.9 Å². The summed E-state index contributed by atoms with van der Waals surface area (Å²) in [7, 11) is 0. The Bertz CT molecular complexity index is 1370. The highest BCUT2D eigenvalue weighted by Crippen LogP contribution is 2.27. The molecule has 0 unspecified atom stereocenters. The lowest BCUT2D eigenvalue weighted by molar-refractivity contribution is 0.0943. The van der Waals surface area contributed by atoms with E-state index in [2.05, 4.69) is 15.4 Å². The van der Waals surface area contributed by atoms with E-state index >= 15 is 0 Å². The molecule has 0 aliphatic rings. The van der Waals surface area contributed by atoms with Crippen LogP contribution in [0.3, 0.4) is 0 Å². The third-order valence-corrected chi connectivity index (χ3v) is 5.60. The molecule has 0 bridgehead atoms. The van der Waals surface area contributed by atoms with Crippen LogP contribution in [0.2, 0.25) is 5.02 Å². The minimum atomic E-state index is -0.618. The normalized spacial score (nSPS) is 11.8. The number of aromatic nitrogens is 3. The van der Waals surface area contributed by atoms with E-state index in [1.54, 1.807) is 37.3 Å². The van der Waals surface area contributed by atoms with Crippen LogP contribution in [-0.4, -0.2) is 37.7 Å². The number of hydrogen-bond acceptors (Lipinski definition) is 5. The Morgan fingerprint density at radius 2 is 1.89 bits per heavy atom. The number of aliphatic hydroxyl groups is 1. The highest BCUT2D eigenvalue weighted by atomic mass is 35.5. The fraction of sp³-hybridized carbons (Fsp3) is 0.154. The van der Waals surface area contributed by atoms with Crippen molar-refractivity contribution in [2.75, 3.05) is 5.32 Å². The van der Waals surface area contributed by atoms with Crippen molar-refractivity contribution >= 4 is 29.1 Å². The molecule has 7 nitrogen and oxygen atoms in total. The first kappa shape index (κ1) is 24.3. The molecule has 9 heteroatoms. The average Bonchev–Trinajstić information content (AvgIpc) is 3.27. The van der Waals surface area contributed by atoms with Gasteiger partial charge in [-0.25, -0.2) is 9.07 Å². The monoisotopic (exact) mass is 492 g/mol. The number of Topliss-reactive ketones (excluding diaryl/α,β-unsaturated/α-hetero) is 1. The number of halogens is 2. The Hall–Kier alpha value is -3.88. The number of anilines is 1. The summed E-state index contributed by atoms with van der Waals surface area (Å²) >= 11 is 6.29. The zero-order valence-electron chi connectivity index (χ0n) is 18.8. The molecule has 178 valence electrons. The molecule has 2 heterocycles. The maximum Gasteiger partial charge on any atom is 0.258 e. The Balaban J connectivity index is 1.68. The van der Waals surface area contributed by atoms with Gasteiger partial charge in [-0.2, -0.15) is 5.10 Å². The summed E-state index contributed by atoms with van der Waals surface area (Å²) in [5, 5.41) is 16.8. The Labute approximate surface area is 206 Å². The quantitative estimate of drug-likeness (QED) is 0.324. The number of nitrogens with one attached hydrogen (secondary N) is 1. The number of ketones is 1. The third-order valence-electron chi connectivity index (χ3n) is 5.27. The van der Waals surface area contributed by atoms with Gasteiger partial charge in [-0.3, -0.25) is 14.6 Å². The zero-order chi connectivity index (χ0) is 24.9. The SMILES string of the molecule is C[C@H](O)CCC(=O)c1cc(NC(=O)c2cc(-c3ncccc3F)ccc2Cl)n(-c2ccccc2)n1. The first-order chi connectivity index (χ1) is 16.8. The molecule has 35 heavy (non-hydrogen) atoms. The Morgan fingerprint density at radius 3 is 2.60 bits per heavy atom. The van der Waals surface area contributed by atoms with Gasteiger partial charge in [0.1, 0.15) is 23.0 Å². The highest BCUT2D eigenvalue weighted by Gasteiger charge is 2.20. The molecule has 4 rings (SSSR count). The van der Waals surface area contributed by atoms with Crippen LogP contribution < -0.4 is 5.32 Å². The predicted octanol–water partition coefficient (Wildman–Crippen LogP) is 5.32. The van der Waals surface area contributed by atoms with E-state index in [1.165, 1.54) is 41.2 Å². The molecule has 0 aliphatic heterocycles. The van der Waals surface area contributed by atoms with Crippen molar-refractivity contribution in [3.05, 3.63) is 95.0 Å². The number of carbonyl (C=O) groups excluding carboxylic acids is 2. The van der Waals surface area contributed by atoms with E-state index in [-0.39, 0.29) is 40.0 Å². The summed E-state index contributed by atoms with van der Waals surface area (Å²) in [4.78, 5) is 29.9. The second-order valence-corrected chi connectivity index (χ2v) is 8.36. The first-order valence-corrected chi connectivity index (χ1v) is 11.3. The Morgan fingerprint density at radius 1 is 1.11 bits per heavy atom. The van der Waals surface area contributed by atoms with Crippen molar-refractivity contribution in [3.63, 3.8) is 0 Å². The first-order valence-electron chi connectivity index (χ1n) is 10.9. The summed E-state index contributed by atoms with van der Waals surface area (Å²) in [6.07, 6.45) is 1.25. The number of carbonyl (C=O) groups is 2. The van der Waals surface area contributed by atoms with Gasteiger partial charge in [-0.1, -0.05) is 35.9 Å². The summed E-state index contributed by atoms with van der Waals surface area (Å²) < 4.78 is 15.7. The van der Waals surface area contributed by atoms with Gasteiger partial charge in [0.25, 0.3) is 5.91 Å². The molecular formula is C26H22ClFN4O3. The van der Waals surface area contributed by atoms with E-state index in [9.17, 15) is 19.1 Å². The second-order valence-electron chi connectivity index (χ2n) is 7.96. The average molecular weight is 493 g/mol. The topological polar surface area (TPSA) is 97.1 Å². The van der Waals surface area contributed by atoms with Gasteiger partial charge in [0.2, 0.25) is 0 Å². The Kier molecular flexibility index (Phi) is 7.33. The number of aliphatic hydroxyl groups excluding tert-OH is 1. The second kappa shape index (κ2) is 10.6. The molecule has 0 fully saturated rings. The minimum Gasteiger partial charge on any atom is -0.393 e. The summed E-state index contributed by atoms with van der Waals surface area (Å²) in [6.45, 7) is 1.61. The number of benzene rings is 2. The van der Waals surface area contributed by atoms with Crippen molar-refractivity contribution in [2.24, 2.45) is 0 Å². The molecule has 2 aromatic heterocycles. The summed E-state index contributed by atoms with van der Waals surface area (Å²) in [5.41, 5.74) is 1.38. The maximum absolute atomic E-state index is 14.2. The van der Waals surface area contributed by atoms with E-state index in [0.29, 0.717) is 17.7 Å². The van der Waals surface area contributed by atoms with Crippen LogP contribution in [0, 0.1) is 5.82 Å². The molecule has 0 radical (unpaired) electrons. The van der Waals surface area contributed by atoms with Gasteiger partial charge in [0.15, 0.2) is 5.78 Å². The molecule has 0 aliphatic carbocycles. The number of hydrogen-bond donors (Lipinski definition) is 2. The number of amides is 1. The van der Waals surface area contributed by atoms with Gasteiger partial charge in [0, 0.05) is 24.2 Å². The highest BCUT2D eigenvalue weighted by molar-refractivity contribution is 6.34. The molecule has 0 saturated carbocycles. The molecular weight excluding hydrogens is 471 g/mol. The molecule has 1 atom stereocenters. The van der Waals surface area contributed by atoms with Gasteiger partial charge in [-0.15, -0.1) is 0 Å². The number of para-hydroxylation sites is 1. The fourth-order valence-corrected chi connectivity index (χ4v) is 3.67. The number of pyridine rings is 1. The lowest BCUT2D eigenvalue weighted by atomic mass is 10.1. The van der Waals surface area contributed by atoms with Crippen LogP contribution in [0.5, 0.6) is 0 Å². The molecule has 0 saturated heterocycles. The van der Waals surface area contributed by atoms with Crippen LogP contribution >= 0.6 is 11.6 Å². The lowest BCUT2D eigenvalue weighted by Gasteiger charge is -2.11. The predicted molar refractivity (Wildman–Crippen MR) is 131 cm³/mol. The van der Waals surface area contributed by atoms with E-state index in [4.69, 9.17) is 11.6 Å². The van der Waals surface area contributed by atoms with E-state index in [0.717, 1.165) is 0 Å². The molecule has 4 aromatic rings. The smallest absolute Gasteiger partial charge is 0.258 e. The minimum absolute atomic E-state index is 0.0959. The largest absolute Gasteiger partial charge is 0.393 e. The number of rotatable bonds is 8. The van der Waals surface area contributed by atoms with Crippen molar-refractivity contribution < 1.29 is 19.1 Å². The van der Waals surface area contributed by atoms with Crippen molar-refractivity contribution in [2.45, 2.75) is 25.9 Å². The van der Waals surface area contributed by atoms with Crippen LogP contribution in [0.4, 0.5) is 10.2 Å². The van der Waals surface area contributed by atoms with E-state index < -0.39 is 17.8 Å². The lowest BCUT2D eigenvalue weighted by Crippen LogP contribution is -2.15. The van der Waals surface area contributed by atoms with Gasteiger partial charge >= 0.3 is 0 Å². The number of nitrogens with zero attached hydrogens (tertiary/aromatic N) is 3. The molecule has 0 spiro atoms. The molecule has 2 N–H and O–H groups in total. The summed E-state index contributed by atoms with van der Waals surface area (Å²) in [6, 6.07) is 17.8. The van der Waals surface area contributed by atoms with Crippen LogP contribution in [-0.2, 0) is 0 Å². The summed E-state index contributed by atoms with van der Waals surface area (Å²) in [5.74, 6) is -1.09. The van der Waals surface area contributed by atoms with Crippen molar-refractivity contribution in [1.29, 1.82) is 0 Å².